The smallest absolute Gasteiger partial charge is 0.252 e. The van der Waals surface area contributed by atoms with E-state index in [4.69, 9.17) is 14.6 Å². The number of benzene rings is 2. The van der Waals surface area contributed by atoms with Gasteiger partial charge in [0.25, 0.3) is 5.91 Å². The number of nitrogens with one attached hydrogen (secondary N) is 2. The zero-order valence-electron chi connectivity index (χ0n) is 14.6. The molecule has 4 rings (SSSR count). The molecule has 0 saturated carbocycles. The number of para-hydroxylation sites is 1. The summed E-state index contributed by atoms with van der Waals surface area (Å²) >= 11 is 0. The lowest BCUT2D eigenvalue weighted by Gasteiger charge is -2.12. The van der Waals surface area contributed by atoms with Crippen molar-refractivity contribution in [2.45, 2.75) is 6.54 Å². The molecular formula is C20H19N3O4. The molecule has 0 spiro atoms. The Labute approximate surface area is 155 Å². The first-order valence-electron chi connectivity index (χ1n) is 8.66. The fraction of sp³-hybridized carbons (Fsp3) is 0.200. The number of pyridine rings is 1. The van der Waals surface area contributed by atoms with E-state index in [1.807, 2.05) is 42.5 Å². The summed E-state index contributed by atoms with van der Waals surface area (Å²) in [6.45, 7) is 0.865. The molecular weight excluding hydrogens is 346 g/mol. The molecule has 0 aliphatic carbocycles. The van der Waals surface area contributed by atoms with Crippen molar-refractivity contribution in [2.75, 3.05) is 25.3 Å². The number of anilines is 1. The molecule has 27 heavy (non-hydrogen) atoms. The number of aromatic nitrogens is 1. The van der Waals surface area contributed by atoms with Gasteiger partial charge in [-0.2, -0.15) is 0 Å². The summed E-state index contributed by atoms with van der Waals surface area (Å²) in [6, 6.07) is 14.9. The van der Waals surface area contributed by atoms with E-state index in [2.05, 4.69) is 15.6 Å². The molecule has 1 amide bonds. The number of nitrogens with zero attached hydrogens (tertiary/aromatic N) is 1. The highest BCUT2D eigenvalue weighted by molar-refractivity contribution is 6.06. The number of aliphatic hydroxyl groups is 1. The Morgan fingerprint density at radius 3 is 2.85 bits per heavy atom. The normalized spacial score (nSPS) is 12.2. The van der Waals surface area contributed by atoms with Crippen LogP contribution in [0.1, 0.15) is 15.9 Å². The lowest BCUT2D eigenvalue weighted by atomic mass is 10.1. The van der Waals surface area contributed by atoms with Crippen molar-refractivity contribution in [3.8, 4) is 11.5 Å². The first kappa shape index (κ1) is 17.1. The minimum absolute atomic E-state index is 0.107. The molecule has 3 aromatic rings. The lowest BCUT2D eigenvalue weighted by Crippen LogP contribution is -2.26. The third-order valence-corrected chi connectivity index (χ3v) is 4.27. The van der Waals surface area contributed by atoms with Crippen LogP contribution < -0.4 is 20.1 Å². The average molecular weight is 365 g/mol. The molecule has 1 aliphatic heterocycles. The maximum absolute atomic E-state index is 12.5. The maximum atomic E-state index is 12.5. The van der Waals surface area contributed by atoms with Gasteiger partial charge in [0, 0.05) is 18.5 Å². The topological polar surface area (TPSA) is 92.7 Å². The van der Waals surface area contributed by atoms with Gasteiger partial charge in [-0.25, -0.2) is 4.98 Å². The number of fused-ring (bicyclic) bond motifs is 2. The van der Waals surface area contributed by atoms with Gasteiger partial charge in [-0.1, -0.05) is 24.3 Å². The summed E-state index contributed by atoms with van der Waals surface area (Å²) in [4.78, 5) is 17.1. The second-order valence-corrected chi connectivity index (χ2v) is 6.09. The number of carbonyl (C=O) groups is 1. The van der Waals surface area contributed by atoms with Crippen molar-refractivity contribution in [1.82, 2.24) is 10.3 Å². The van der Waals surface area contributed by atoms with Crippen LogP contribution in [0.3, 0.4) is 0 Å². The monoisotopic (exact) mass is 365 g/mol. The highest BCUT2D eigenvalue weighted by atomic mass is 16.7. The quantitative estimate of drug-likeness (QED) is 0.621. The Balaban J connectivity index is 1.59. The first-order valence-corrected chi connectivity index (χ1v) is 8.66. The molecule has 1 aromatic heterocycles. The van der Waals surface area contributed by atoms with E-state index in [9.17, 15) is 4.79 Å². The number of carbonyl (C=O) groups excluding carboxylic acids is 1. The number of ether oxygens (including phenoxy) is 2. The van der Waals surface area contributed by atoms with Crippen LogP contribution in [0.4, 0.5) is 5.82 Å². The predicted molar refractivity (Wildman–Crippen MR) is 101 cm³/mol. The summed E-state index contributed by atoms with van der Waals surface area (Å²) in [5.41, 5.74) is 2.25. The standard InChI is InChI=1S/C20H19N3O4/c24-8-7-21-20(25)15-10-19(23-16-4-2-1-3-14(15)16)22-11-13-5-6-17-18(9-13)27-12-26-17/h1-6,9-10,24H,7-8,11-12H2,(H,21,25)(H,22,23). The number of rotatable bonds is 6. The molecule has 0 radical (unpaired) electrons. The van der Waals surface area contributed by atoms with E-state index < -0.39 is 0 Å². The third kappa shape index (κ3) is 3.63. The molecule has 1 aliphatic rings. The van der Waals surface area contributed by atoms with Crippen LogP contribution in [0.25, 0.3) is 10.9 Å². The molecule has 3 N–H and O–H groups in total. The minimum atomic E-state index is -0.242. The largest absolute Gasteiger partial charge is 0.454 e. The van der Waals surface area contributed by atoms with Gasteiger partial charge in [0.05, 0.1) is 17.7 Å². The fourth-order valence-corrected chi connectivity index (χ4v) is 2.96. The molecule has 0 atom stereocenters. The Morgan fingerprint density at radius 1 is 1.11 bits per heavy atom. The van der Waals surface area contributed by atoms with Crippen LogP contribution in [0.15, 0.2) is 48.5 Å². The summed E-state index contributed by atoms with van der Waals surface area (Å²) in [7, 11) is 0. The SMILES string of the molecule is O=C(NCCO)c1cc(NCc2ccc3c(c2)OCO3)nc2ccccc12. The molecule has 0 bridgehead atoms. The van der Waals surface area contributed by atoms with Crippen LogP contribution >= 0.6 is 0 Å². The van der Waals surface area contributed by atoms with Crippen LogP contribution in [-0.2, 0) is 6.54 Å². The second kappa shape index (κ2) is 7.51. The first-order chi connectivity index (χ1) is 13.2. The molecule has 2 heterocycles. The highest BCUT2D eigenvalue weighted by Gasteiger charge is 2.14. The van der Waals surface area contributed by atoms with Crippen molar-refractivity contribution >= 4 is 22.6 Å². The number of amides is 1. The van der Waals surface area contributed by atoms with Gasteiger partial charge >= 0.3 is 0 Å². The van der Waals surface area contributed by atoms with Crippen LogP contribution in [0.5, 0.6) is 11.5 Å². The van der Waals surface area contributed by atoms with Crippen molar-refractivity contribution in [2.24, 2.45) is 0 Å². The molecule has 2 aromatic carbocycles. The summed E-state index contributed by atoms with van der Waals surface area (Å²) in [5, 5.41) is 15.7. The van der Waals surface area contributed by atoms with Crippen molar-refractivity contribution in [3.05, 3.63) is 59.7 Å². The van der Waals surface area contributed by atoms with Gasteiger partial charge in [0.15, 0.2) is 11.5 Å². The molecule has 7 heteroatoms. The number of hydrogen-bond donors (Lipinski definition) is 3. The van der Waals surface area contributed by atoms with Gasteiger partial charge in [-0.05, 0) is 29.8 Å². The van der Waals surface area contributed by atoms with Crippen LogP contribution in [0, 0.1) is 0 Å². The maximum Gasteiger partial charge on any atom is 0.252 e. The predicted octanol–water partition coefficient (Wildman–Crippen LogP) is 2.30. The van der Waals surface area contributed by atoms with Crippen molar-refractivity contribution in [1.29, 1.82) is 0 Å². The minimum Gasteiger partial charge on any atom is -0.454 e. The van der Waals surface area contributed by atoms with Crippen molar-refractivity contribution in [3.63, 3.8) is 0 Å². The van der Waals surface area contributed by atoms with E-state index in [0.717, 1.165) is 28.0 Å². The summed E-state index contributed by atoms with van der Waals surface area (Å²) < 4.78 is 10.7. The summed E-state index contributed by atoms with van der Waals surface area (Å²) in [6.07, 6.45) is 0. The van der Waals surface area contributed by atoms with E-state index in [0.29, 0.717) is 17.9 Å². The van der Waals surface area contributed by atoms with Crippen LogP contribution in [0.2, 0.25) is 0 Å². The molecule has 7 nitrogen and oxygen atoms in total. The number of aliphatic hydroxyl groups excluding tert-OH is 1. The summed E-state index contributed by atoms with van der Waals surface area (Å²) in [5.74, 6) is 1.82. The Kier molecular flexibility index (Phi) is 4.76. The zero-order valence-corrected chi connectivity index (χ0v) is 14.6. The van der Waals surface area contributed by atoms with Gasteiger partial charge in [0.1, 0.15) is 5.82 Å². The highest BCUT2D eigenvalue weighted by Crippen LogP contribution is 2.32. The molecule has 138 valence electrons. The fourth-order valence-electron chi connectivity index (χ4n) is 2.96. The van der Waals surface area contributed by atoms with E-state index >= 15 is 0 Å². The Hall–Kier alpha value is -3.32. The van der Waals surface area contributed by atoms with Gasteiger partial charge < -0.3 is 25.2 Å². The van der Waals surface area contributed by atoms with Crippen molar-refractivity contribution < 1.29 is 19.4 Å². The molecule has 0 saturated heterocycles. The average Bonchev–Trinajstić information content (AvgIpc) is 3.17. The van der Waals surface area contributed by atoms with Gasteiger partial charge in [0.2, 0.25) is 6.79 Å². The molecule has 0 fully saturated rings. The van der Waals surface area contributed by atoms with Gasteiger partial charge in [-0.3, -0.25) is 4.79 Å². The van der Waals surface area contributed by atoms with E-state index in [1.165, 1.54) is 0 Å². The lowest BCUT2D eigenvalue weighted by molar-refractivity contribution is 0.0946. The Bertz CT molecular complexity index is 990. The third-order valence-electron chi connectivity index (χ3n) is 4.27. The van der Waals surface area contributed by atoms with E-state index in [1.54, 1.807) is 6.07 Å². The number of hydrogen-bond acceptors (Lipinski definition) is 6. The van der Waals surface area contributed by atoms with Crippen LogP contribution in [-0.4, -0.2) is 35.9 Å². The van der Waals surface area contributed by atoms with Gasteiger partial charge in [-0.15, -0.1) is 0 Å². The molecule has 0 unspecified atom stereocenters. The van der Waals surface area contributed by atoms with E-state index in [-0.39, 0.29) is 25.9 Å². The Morgan fingerprint density at radius 2 is 1.96 bits per heavy atom. The zero-order chi connectivity index (χ0) is 18.6. The second-order valence-electron chi connectivity index (χ2n) is 6.09.